The van der Waals surface area contributed by atoms with E-state index in [4.69, 9.17) is 14.2 Å². The van der Waals surface area contributed by atoms with Crippen molar-refractivity contribution in [3.8, 4) is 11.3 Å². The first-order valence-corrected chi connectivity index (χ1v) is 8.78. The van der Waals surface area contributed by atoms with E-state index in [1.165, 1.54) is 0 Å². The van der Waals surface area contributed by atoms with Crippen molar-refractivity contribution in [1.29, 1.82) is 0 Å². The number of aryl methyl sites for hydroxylation is 1. The normalized spacial score (nSPS) is 18.7. The van der Waals surface area contributed by atoms with Gasteiger partial charge in [0.25, 0.3) is 0 Å². The number of thiophene rings is 1. The number of pyridine rings is 1. The number of ether oxygens (including phenoxy) is 1. The summed E-state index contributed by atoms with van der Waals surface area (Å²) in [5.41, 5.74) is 5.64. The van der Waals surface area contributed by atoms with E-state index in [-0.39, 0.29) is 6.10 Å². The van der Waals surface area contributed by atoms with Crippen molar-refractivity contribution in [3.05, 3.63) is 28.6 Å². The van der Waals surface area contributed by atoms with Gasteiger partial charge in [-0.3, -0.25) is 0 Å². The fourth-order valence-electron chi connectivity index (χ4n) is 3.15. The zero-order valence-electron chi connectivity index (χ0n) is 13.3. The topological polar surface area (TPSA) is 51.4 Å². The molecule has 0 aromatic carbocycles. The van der Waals surface area contributed by atoms with Gasteiger partial charge in [-0.25, -0.2) is 4.98 Å². The molecule has 4 heterocycles. The average molecular weight is 329 g/mol. The number of hydrogen-bond donors (Lipinski definition) is 0. The second kappa shape index (κ2) is 5.94. The molecule has 1 aliphatic heterocycles. The van der Waals surface area contributed by atoms with E-state index in [1.807, 2.05) is 6.92 Å². The van der Waals surface area contributed by atoms with Crippen LogP contribution >= 0.6 is 11.3 Å². The number of nitrogens with zero attached hydrogens (tertiary/aromatic N) is 3. The summed E-state index contributed by atoms with van der Waals surface area (Å²) < 4.78 is 11.1. The highest BCUT2D eigenvalue weighted by Gasteiger charge is 2.24. The van der Waals surface area contributed by atoms with Gasteiger partial charge in [-0.15, -0.1) is 0 Å². The number of methoxy groups -OCH3 is 1. The second-order valence-electron chi connectivity index (χ2n) is 5.93. The van der Waals surface area contributed by atoms with Crippen LogP contribution in [0.3, 0.4) is 0 Å². The summed E-state index contributed by atoms with van der Waals surface area (Å²) in [4.78, 5) is 7.10. The summed E-state index contributed by atoms with van der Waals surface area (Å²) >= 11 is 1.68. The molecule has 3 aromatic rings. The summed E-state index contributed by atoms with van der Waals surface area (Å²) in [7, 11) is 1.78. The van der Waals surface area contributed by atoms with Crippen molar-refractivity contribution < 1.29 is 9.26 Å². The van der Waals surface area contributed by atoms with Crippen LogP contribution < -0.4 is 4.90 Å². The van der Waals surface area contributed by atoms with E-state index in [9.17, 15) is 0 Å². The number of aromatic nitrogens is 2. The molecule has 120 valence electrons. The van der Waals surface area contributed by atoms with E-state index in [1.54, 1.807) is 18.4 Å². The van der Waals surface area contributed by atoms with Crippen LogP contribution in [0.5, 0.6) is 0 Å². The molecule has 1 fully saturated rings. The highest BCUT2D eigenvalue weighted by Crippen LogP contribution is 2.34. The molecule has 1 aliphatic rings. The Morgan fingerprint density at radius 2 is 2.35 bits per heavy atom. The molecule has 0 bridgehead atoms. The Balaban J connectivity index is 1.84. The first kappa shape index (κ1) is 14.7. The predicted octanol–water partition coefficient (Wildman–Crippen LogP) is 3.87. The Morgan fingerprint density at radius 1 is 1.43 bits per heavy atom. The Labute approximate surface area is 138 Å². The van der Waals surface area contributed by atoms with Gasteiger partial charge in [0.2, 0.25) is 5.58 Å². The zero-order valence-corrected chi connectivity index (χ0v) is 14.1. The van der Waals surface area contributed by atoms with E-state index in [0.717, 1.165) is 59.7 Å². The summed E-state index contributed by atoms with van der Waals surface area (Å²) in [5.74, 6) is 0. The van der Waals surface area contributed by atoms with Gasteiger partial charge in [0.05, 0.1) is 17.5 Å². The third-order valence-electron chi connectivity index (χ3n) is 4.44. The lowest BCUT2D eigenvalue weighted by atomic mass is 10.1. The van der Waals surface area contributed by atoms with E-state index < -0.39 is 0 Å². The molecule has 1 saturated heterocycles. The molecular weight excluding hydrogens is 310 g/mol. The van der Waals surface area contributed by atoms with Crippen LogP contribution in [0.2, 0.25) is 0 Å². The lowest BCUT2D eigenvalue weighted by molar-refractivity contribution is 0.0893. The highest BCUT2D eigenvalue weighted by atomic mass is 32.1. The molecule has 23 heavy (non-hydrogen) atoms. The van der Waals surface area contributed by atoms with Crippen LogP contribution in [0.4, 0.5) is 5.69 Å². The SMILES string of the molecule is COC1CCCN(c2cc(-c3ccsc3)nc3c(C)noc23)C1. The van der Waals surface area contributed by atoms with Gasteiger partial charge in [-0.2, -0.15) is 11.3 Å². The van der Waals surface area contributed by atoms with Crippen molar-refractivity contribution in [2.45, 2.75) is 25.9 Å². The summed E-state index contributed by atoms with van der Waals surface area (Å²) in [6, 6.07) is 4.21. The van der Waals surface area contributed by atoms with Crippen molar-refractivity contribution in [2.24, 2.45) is 0 Å². The monoisotopic (exact) mass is 329 g/mol. The van der Waals surface area contributed by atoms with Gasteiger partial charge in [-0.05, 0) is 37.3 Å². The van der Waals surface area contributed by atoms with Crippen molar-refractivity contribution in [3.63, 3.8) is 0 Å². The third-order valence-corrected chi connectivity index (χ3v) is 5.12. The number of piperidine rings is 1. The van der Waals surface area contributed by atoms with Crippen LogP contribution in [0.15, 0.2) is 27.4 Å². The molecule has 0 N–H and O–H groups in total. The molecule has 0 radical (unpaired) electrons. The lowest BCUT2D eigenvalue weighted by Gasteiger charge is -2.33. The van der Waals surface area contributed by atoms with Gasteiger partial charge < -0.3 is 14.2 Å². The van der Waals surface area contributed by atoms with Crippen LogP contribution in [0.25, 0.3) is 22.4 Å². The van der Waals surface area contributed by atoms with Gasteiger partial charge >= 0.3 is 0 Å². The van der Waals surface area contributed by atoms with Gasteiger partial charge in [0.1, 0.15) is 11.2 Å². The smallest absolute Gasteiger partial charge is 0.208 e. The summed E-state index contributed by atoms with van der Waals surface area (Å²) in [6.45, 7) is 3.81. The minimum absolute atomic E-state index is 0.264. The molecule has 0 aliphatic carbocycles. The first-order valence-electron chi connectivity index (χ1n) is 7.83. The highest BCUT2D eigenvalue weighted by molar-refractivity contribution is 7.08. The predicted molar refractivity (Wildman–Crippen MR) is 92.1 cm³/mol. The van der Waals surface area contributed by atoms with E-state index in [2.05, 4.69) is 32.9 Å². The number of hydrogen-bond acceptors (Lipinski definition) is 6. The van der Waals surface area contributed by atoms with Crippen LogP contribution in [-0.4, -0.2) is 36.4 Å². The first-order chi connectivity index (χ1) is 11.3. The quantitative estimate of drug-likeness (QED) is 0.730. The molecule has 0 amide bonds. The largest absolute Gasteiger partial charge is 0.380 e. The minimum atomic E-state index is 0.264. The number of rotatable bonds is 3. The van der Waals surface area contributed by atoms with E-state index in [0.29, 0.717) is 0 Å². The molecule has 6 heteroatoms. The molecule has 1 unspecified atom stereocenters. The van der Waals surface area contributed by atoms with Gasteiger partial charge in [-0.1, -0.05) is 5.16 Å². The maximum absolute atomic E-state index is 5.58. The molecule has 4 rings (SSSR count). The maximum atomic E-state index is 5.58. The van der Waals surface area contributed by atoms with Crippen molar-refractivity contribution in [1.82, 2.24) is 10.1 Å². The van der Waals surface area contributed by atoms with Crippen LogP contribution in [0, 0.1) is 6.92 Å². The fraction of sp³-hybridized carbons (Fsp3) is 0.412. The van der Waals surface area contributed by atoms with Crippen LogP contribution in [0.1, 0.15) is 18.5 Å². The van der Waals surface area contributed by atoms with Gasteiger partial charge in [0.15, 0.2) is 0 Å². The van der Waals surface area contributed by atoms with Crippen LogP contribution in [-0.2, 0) is 4.74 Å². The van der Waals surface area contributed by atoms with Gasteiger partial charge in [0, 0.05) is 31.1 Å². The molecule has 0 spiro atoms. The molecule has 0 saturated carbocycles. The fourth-order valence-corrected chi connectivity index (χ4v) is 3.80. The third kappa shape index (κ3) is 2.62. The Bertz CT molecular complexity index is 813. The maximum Gasteiger partial charge on any atom is 0.208 e. The summed E-state index contributed by atoms with van der Waals surface area (Å²) in [5, 5.41) is 8.31. The number of anilines is 1. The zero-order chi connectivity index (χ0) is 15.8. The lowest BCUT2D eigenvalue weighted by Crippen LogP contribution is -2.39. The summed E-state index contributed by atoms with van der Waals surface area (Å²) in [6.07, 6.45) is 2.48. The number of fused-ring (bicyclic) bond motifs is 1. The average Bonchev–Trinajstić information content (AvgIpc) is 3.25. The standard InChI is InChI=1S/C17H19N3O2S/c1-11-16-17(22-19-11)15(20-6-3-4-13(9-20)21-2)8-14(18-16)12-5-7-23-10-12/h5,7-8,10,13H,3-4,6,9H2,1-2H3. The van der Waals surface area contributed by atoms with E-state index >= 15 is 0 Å². The van der Waals surface area contributed by atoms with Crippen molar-refractivity contribution >= 4 is 28.1 Å². The Morgan fingerprint density at radius 3 is 3.13 bits per heavy atom. The molecule has 3 aromatic heterocycles. The molecule has 5 nitrogen and oxygen atoms in total. The Hall–Kier alpha value is -1.92. The minimum Gasteiger partial charge on any atom is -0.380 e. The molecular formula is C17H19N3O2S. The molecule has 1 atom stereocenters. The second-order valence-corrected chi connectivity index (χ2v) is 6.71. The Kier molecular flexibility index (Phi) is 3.79. The van der Waals surface area contributed by atoms with Crippen molar-refractivity contribution in [2.75, 3.05) is 25.1 Å².